The molecule has 0 saturated carbocycles. The summed E-state index contributed by atoms with van der Waals surface area (Å²) in [5.74, 6) is 0.613. The first-order chi connectivity index (χ1) is 8.27. The summed E-state index contributed by atoms with van der Waals surface area (Å²) < 4.78 is 7.09. The van der Waals surface area contributed by atoms with Crippen molar-refractivity contribution in [1.82, 2.24) is 9.88 Å². The van der Waals surface area contributed by atoms with Gasteiger partial charge in [-0.1, -0.05) is 6.07 Å². The van der Waals surface area contributed by atoms with E-state index in [9.17, 15) is 4.79 Å². The SMILES string of the molecule is CC(NCCn1ccccc1=O)C1CCOC1. The Morgan fingerprint density at radius 3 is 3.18 bits per heavy atom. The van der Waals surface area contributed by atoms with E-state index in [1.54, 1.807) is 16.7 Å². The van der Waals surface area contributed by atoms with Gasteiger partial charge in [-0.15, -0.1) is 0 Å². The highest BCUT2D eigenvalue weighted by Gasteiger charge is 2.21. The lowest BCUT2D eigenvalue weighted by Gasteiger charge is -2.19. The molecule has 1 fully saturated rings. The molecule has 2 rings (SSSR count). The summed E-state index contributed by atoms with van der Waals surface area (Å²) in [5.41, 5.74) is 0.0613. The molecule has 2 atom stereocenters. The van der Waals surface area contributed by atoms with E-state index in [0.717, 1.165) is 32.7 Å². The van der Waals surface area contributed by atoms with Gasteiger partial charge in [0, 0.05) is 38.0 Å². The molecule has 0 aliphatic carbocycles. The number of ether oxygens (including phenoxy) is 1. The lowest BCUT2D eigenvalue weighted by atomic mass is 10.0. The Morgan fingerprint density at radius 1 is 1.59 bits per heavy atom. The van der Waals surface area contributed by atoms with Crippen molar-refractivity contribution < 1.29 is 4.74 Å². The smallest absolute Gasteiger partial charge is 0.250 e. The van der Waals surface area contributed by atoms with E-state index in [1.807, 2.05) is 12.3 Å². The van der Waals surface area contributed by atoms with Crippen molar-refractivity contribution in [1.29, 1.82) is 0 Å². The number of hydrogen-bond acceptors (Lipinski definition) is 3. The molecular weight excluding hydrogens is 216 g/mol. The Labute approximate surface area is 102 Å². The highest BCUT2D eigenvalue weighted by Crippen LogP contribution is 2.15. The summed E-state index contributed by atoms with van der Waals surface area (Å²) >= 11 is 0. The van der Waals surface area contributed by atoms with Crippen LogP contribution in [0.5, 0.6) is 0 Å². The molecule has 2 heterocycles. The Morgan fingerprint density at radius 2 is 2.47 bits per heavy atom. The lowest BCUT2D eigenvalue weighted by Crippen LogP contribution is -2.37. The van der Waals surface area contributed by atoms with Crippen molar-refractivity contribution in [2.45, 2.75) is 25.9 Å². The van der Waals surface area contributed by atoms with Gasteiger partial charge in [0.1, 0.15) is 0 Å². The van der Waals surface area contributed by atoms with Gasteiger partial charge in [0.05, 0.1) is 6.61 Å². The third kappa shape index (κ3) is 3.41. The molecule has 4 nitrogen and oxygen atoms in total. The second-order valence-electron chi connectivity index (χ2n) is 4.60. The van der Waals surface area contributed by atoms with Crippen molar-refractivity contribution in [3.8, 4) is 0 Å². The van der Waals surface area contributed by atoms with Gasteiger partial charge in [0.15, 0.2) is 0 Å². The van der Waals surface area contributed by atoms with Crippen LogP contribution in [0.2, 0.25) is 0 Å². The first-order valence-corrected chi connectivity index (χ1v) is 6.24. The normalized spacial score (nSPS) is 21.6. The summed E-state index contributed by atoms with van der Waals surface area (Å²) in [6.07, 6.45) is 2.97. The van der Waals surface area contributed by atoms with Crippen LogP contribution in [0.25, 0.3) is 0 Å². The number of pyridine rings is 1. The molecule has 0 bridgehead atoms. The quantitative estimate of drug-likeness (QED) is 0.824. The van der Waals surface area contributed by atoms with E-state index >= 15 is 0 Å². The van der Waals surface area contributed by atoms with Gasteiger partial charge in [-0.2, -0.15) is 0 Å². The van der Waals surface area contributed by atoms with E-state index < -0.39 is 0 Å². The fraction of sp³-hybridized carbons (Fsp3) is 0.615. The number of rotatable bonds is 5. The third-order valence-electron chi connectivity index (χ3n) is 3.39. The molecule has 2 unspecified atom stereocenters. The van der Waals surface area contributed by atoms with Gasteiger partial charge in [-0.25, -0.2) is 0 Å². The molecule has 1 N–H and O–H groups in total. The van der Waals surface area contributed by atoms with Gasteiger partial charge in [-0.05, 0) is 25.3 Å². The van der Waals surface area contributed by atoms with Crippen LogP contribution in [0.3, 0.4) is 0 Å². The van der Waals surface area contributed by atoms with Crippen molar-refractivity contribution in [3.63, 3.8) is 0 Å². The predicted octanol–water partition coefficient (Wildman–Crippen LogP) is 0.863. The highest BCUT2D eigenvalue weighted by molar-refractivity contribution is 4.93. The van der Waals surface area contributed by atoms with Crippen molar-refractivity contribution in [2.75, 3.05) is 19.8 Å². The monoisotopic (exact) mass is 236 g/mol. The molecule has 0 spiro atoms. The average Bonchev–Trinajstić information content (AvgIpc) is 2.85. The van der Waals surface area contributed by atoms with Crippen LogP contribution in [-0.4, -0.2) is 30.4 Å². The summed E-state index contributed by atoms with van der Waals surface area (Å²) in [7, 11) is 0. The highest BCUT2D eigenvalue weighted by atomic mass is 16.5. The van der Waals surface area contributed by atoms with Gasteiger partial charge in [-0.3, -0.25) is 4.79 Å². The van der Waals surface area contributed by atoms with Crippen LogP contribution in [0.15, 0.2) is 29.2 Å². The third-order valence-corrected chi connectivity index (χ3v) is 3.39. The summed E-state index contributed by atoms with van der Waals surface area (Å²) in [4.78, 5) is 11.5. The van der Waals surface area contributed by atoms with Crippen molar-refractivity contribution >= 4 is 0 Å². The molecule has 17 heavy (non-hydrogen) atoms. The first-order valence-electron chi connectivity index (χ1n) is 6.24. The van der Waals surface area contributed by atoms with Crippen LogP contribution >= 0.6 is 0 Å². The molecule has 94 valence electrons. The van der Waals surface area contributed by atoms with E-state index in [-0.39, 0.29) is 5.56 Å². The molecular formula is C13H20N2O2. The van der Waals surface area contributed by atoms with Gasteiger partial charge >= 0.3 is 0 Å². The van der Waals surface area contributed by atoms with Gasteiger partial charge < -0.3 is 14.6 Å². The second kappa shape index (κ2) is 5.98. The van der Waals surface area contributed by atoms with E-state index in [2.05, 4.69) is 12.2 Å². The fourth-order valence-corrected chi connectivity index (χ4v) is 2.17. The summed E-state index contributed by atoms with van der Waals surface area (Å²) in [5, 5.41) is 3.46. The predicted molar refractivity (Wildman–Crippen MR) is 67.1 cm³/mol. The molecule has 1 aliphatic rings. The maximum Gasteiger partial charge on any atom is 0.250 e. The van der Waals surface area contributed by atoms with E-state index in [4.69, 9.17) is 4.74 Å². The Bertz CT molecular complexity index is 396. The molecule has 1 aromatic heterocycles. The Kier molecular flexibility index (Phi) is 4.34. The maximum absolute atomic E-state index is 11.5. The van der Waals surface area contributed by atoms with Crippen LogP contribution < -0.4 is 10.9 Å². The molecule has 0 aromatic carbocycles. The minimum absolute atomic E-state index is 0.0613. The number of nitrogens with one attached hydrogen (secondary N) is 1. The molecule has 4 heteroatoms. The minimum Gasteiger partial charge on any atom is -0.381 e. The van der Waals surface area contributed by atoms with E-state index in [1.165, 1.54) is 0 Å². The second-order valence-corrected chi connectivity index (χ2v) is 4.60. The topological polar surface area (TPSA) is 43.3 Å². The lowest BCUT2D eigenvalue weighted by molar-refractivity contribution is 0.178. The fourth-order valence-electron chi connectivity index (χ4n) is 2.17. The zero-order chi connectivity index (χ0) is 12.1. The van der Waals surface area contributed by atoms with Crippen LogP contribution in [0.1, 0.15) is 13.3 Å². The van der Waals surface area contributed by atoms with Crippen LogP contribution in [0, 0.1) is 5.92 Å². The molecule has 0 amide bonds. The Hall–Kier alpha value is -1.13. The first kappa shape index (κ1) is 12.3. The number of hydrogen-bond donors (Lipinski definition) is 1. The summed E-state index contributed by atoms with van der Waals surface area (Å²) in [6.45, 7) is 5.47. The van der Waals surface area contributed by atoms with Gasteiger partial charge in [0.25, 0.3) is 5.56 Å². The summed E-state index contributed by atoms with van der Waals surface area (Å²) in [6, 6.07) is 5.70. The zero-order valence-corrected chi connectivity index (χ0v) is 10.3. The Balaban J connectivity index is 1.76. The van der Waals surface area contributed by atoms with Crippen molar-refractivity contribution in [2.24, 2.45) is 5.92 Å². The number of nitrogens with zero attached hydrogens (tertiary/aromatic N) is 1. The molecule has 0 radical (unpaired) electrons. The molecule has 1 aromatic rings. The zero-order valence-electron chi connectivity index (χ0n) is 10.3. The van der Waals surface area contributed by atoms with Crippen LogP contribution in [0.4, 0.5) is 0 Å². The molecule has 1 aliphatic heterocycles. The largest absolute Gasteiger partial charge is 0.381 e. The molecule has 1 saturated heterocycles. The average molecular weight is 236 g/mol. The standard InChI is InChI=1S/C13H20N2O2/c1-11(12-5-9-17-10-12)14-6-8-15-7-3-2-4-13(15)16/h2-4,7,11-12,14H,5-6,8-10H2,1H3. The van der Waals surface area contributed by atoms with Crippen molar-refractivity contribution in [3.05, 3.63) is 34.7 Å². The minimum atomic E-state index is 0.0613. The van der Waals surface area contributed by atoms with Gasteiger partial charge in [0.2, 0.25) is 0 Å². The maximum atomic E-state index is 11.5. The number of aromatic nitrogens is 1. The van der Waals surface area contributed by atoms with E-state index in [0.29, 0.717) is 12.0 Å². The van der Waals surface area contributed by atoms with Crippen LogP contribution in [-0.2, 0) is 11.3 Å².